The fraction of sp³-hybridized carbons (Fsp3) is 0.300. The molecule has 0 unspecified atom stereocenters. The highest BCUT2D eigenvalue weighted by atomic mass is 35.5. The van der Waals surface area contributed by atoms with Gasteiger partial charge in [-0.15, -0.1) is 11.6 Å². The highest BCUT2D eigenvalue weighted by molar-refractivity contribution is 6.27. The van der Waals surface area contributed by atoms with Gasteiger partial charge in [-0.1, -0.05) is 6.92 Å². The molecule has 0 heterocycles. The zero-order chi connectivity index (χ0) is 9.84. The number of hydrogen-bond acceptors (Lipinski definition) is 2. The summed E-state index contributed by atoms with van der Waals surface area (Å²) in [5.74, 6) is 0.667. The Morgan fingerprint density at radius 1 is 1.38 bits per heavy atom. The predicted octanol–water partition coefficient (Wildman–Crippen LogP) is 2.58. The van der Waals surface area contributed by atoms with Gasteiger partial charge in [-0.3, -0.25) is 4.79 Å². The Balaban J connectivity index is 0.000000133. The van der Waals surface area contributed by atoms with E-state index in [9.17, 15) is 4.79 Å². The maximum Gasteiger partial charge on any atom is 0.147 e. The average molecular weight is 199 g/mol. The number of benzene rings is 1. The van der Waals surface area contributed by atoms with E-state index in [1.54, 1.807) is 19.1 Å². The average Bonchev–Trinajstić information content (AvgIpc) is 2.74. The predicted molar refractivity (Wildman–Crippen MR) is 53.1 cm³/mol. The zero-order valence-electron chi connectivity index (χ0n) is 7.38. The standard InChI is InChI=1S/C6H4O.C4H7ClO/c7-6-2-4-1-5(4)3-6;1-2-4(6)3-5/h1-3,7H;2-3H2,1H3. The highest BCUT2D eigenvalue weighted by Crippen LogP contribution is 2.38. The lowest BCUT2D eigenvalue weighted by molar-refractivity contribution is -0.116. The molecule has 0 aromatic carbocycles. The third-order valence-corrected chi connectivity index (χ3v) is 2.01. The first-order valence-electron chi connectivity index (χ1n) is 4.09. The Labute approximate surface area is 82.2 Å². The Kier molecular flexibility index (Phi) is 3.32. The molecule has 2 aliphatic carbocycles. The topological polar surface area (TPSA) is 37.3 Å². The van der Waals surface area contributed by atoms with Gasteiger partial charge < -0.3 is 5.11 Å². The summed E-state index contributed by atoms with van der Waals surface area (Å²) < 4.78 is 0. The monoisotopic (exact) mass is 198 g/mol. The first-order chi connectivity index (χ1) is 6.17. The molecule has 0 bridgehead atoms. The van der Waals surface area contributed by atoms with Gasteiger partial charge in [0.2, 0.25) is 0 Å². The molecule has 1 N–H and O–H groups in total. The molecule has 2 rings (SSSR count). The fourth-order valence-corrected chi connectivity index (χ4v) is 1.03. The van der Waals surface area contributed by atoms with Crippen molar-refractivity contribution < 1.29 is 9.90 Å². The van der Waals surface area contributed by atoms with Crippen molar-refractivity contribution in [3.8, 4) is 16.9 Å². The van der Waals surface area contributed by atoms with Gasteiger partial charge in [0.25, 0.3) is 0 Å². The molecule has 0 aromatic rings. The van der Waals surface area contributed by atoms with E-state index in [0.717, 1.165) is 0 Å². The first-order valence-corrected chi connectivity index (χ1v) is 4.63. The van der Waals surface area contributed by atoms with E-state index < -0.39 is 0 Å². The number of ketones is 1. The van der Waals surface area contributed by atoms with Gasteiger partial charge in [-0.2, -0.15) is 0 Å². The van der Waals surface area contributed by atoms with Gasteiger partial charge in [0, 0.05) is 6.42 Å². The first kappa shape index (κ1) is 10.1. The van der Waals surface area contributed by atoms with Crippen molar-refractivity contribution >= 4 is 17.4 Å². The lowest BCUT2D eigenvalue weighted by atomic mass is 10.4. The number of Topliss-reactive ketones (excluding diaryl/α,β-unsaturated/α-hetero) is 1. The van der Waals surface area contributed by atoms with Gasteiger partial charge in [0.1, 0.15) is 11.5 Å². The normalized spacial score (nSPS) is 10.0. The molecule has 2 aliphatic rings. The van der Waals surface area contributed by atoms with Crippen molar-refractivity contribution in [3.05, 3.63) is 18.2 Å². The minimum Gasteiger partial charge on any atom is -0.508 e. The minimum absolute atomic E-state index is 0.108. The lowest BCUT2D eigenvalue weighted by Crippen LogP contribution is -1.93. The van der Waals surface area contributed by atoms with Gasteiger partial charge in [0.15, 0.2) is 0 Å². The maximum absolute atomic E-state index is 10.0. The molecule has 70 valence electrons. The molecule has 0 fully saturated rings. The summed E-state index contributed by atoms with van der Waals surface area (Å²) in [5.41, 5.74) is 2.38. The Morgan fingerprint density at radius 3 is 2.08 bits per heavy atom. The van der Waals surface area contributed by atoms with E-state index >= 15 is 0 Å². The smallest absolute Gasteiger partial charge is 0.147 e. The number of alkyl halides is 1. The number of fused-ring (bicyclic) bond motifs is 1. The van der Waals surface area contributed by atoms with Crippen LogP contribution in [0.25, 0.3) is 11.1 Å². The summed E-state index contributed by atoms with van der Waals surface area (Å²) in [4.78, 5) is 10.0. The van der Waals surface area contributed by atoms with E-state index in [4.69, 9.17) is 16.7 Å². The summed E-state index contributed by atoms with van der Waals surface area (Å²) in [5, 5.41) is 8.67. The van der Waals surface area contributed by atoms with Gasteiger partial charge in [-0.05, 0) is 29.3 Å². The number of phenols is 1. The molecule has 0 spiro atoms. The Morgan fingerprint density at radius 2 is 1.92 bits per heavy atom. The van der Waals surface area contributed by atoms with Crippen LogP contribution < -0.4 is 0 Å². The van der Waals surface area contributed by atoms with Crippen molar-refractivity contribution in [2.75, 3.05) is 5.88 Å². The van der Waals surface area contributed by atoms with Crippen LogP contribution in [0, 0.1) is 0 Å². The van der Waals surface area contributed by atoms with E-state index in [1.807, 2.05) is 6.07 Å². The summed E-state index contributed by atoms with van der Waals surface area (Å²) in [7, 11) is 0. The number of aromatic hydroxyl groups is 1. The molecule has 0 saturated heterocycles. The van der Waals surface area contributed by atoms with Crippen molar-refractivity contribution in [3.63, 3.8) is 0 Å². The van der Waals surface area contributed by atoms with E-state index in [1.165, 1.54) is 11.1 Å². The summed E-state index contributed by atoms with van der Waals surface area (Å²) >= 11 is 5.10. The van der Waals surface area contributed by atoms with Crippen LogP contribution in [0.2, 0.25) is 0 Å². The van der Waals surface area contributed by atoms with Crippen LogP contribution in [-0.2, 0) is 4.79 Å². The van der Waals surface area contributed by atoms with Gasteiger partial charge in [0.05, 0.1) is 5.88 Å². The van der Waals surface area contributed by atoms with Crippen LogP contribution in [0.5, 0.6) is 5.75 Å². The van der Waals surface area contributed by atoms with Crippen molar-refractivity contribution in [2.24, 2.45) is 0 Å². The highest BCUT2D eigenvalue weighted by Gasteiger charge is 2.12. The van der Waals surface area contributed by atoms with Crippen LogP contribution in [0.1, 0.15) is 13.3 Å². The molecule has 0 radical (unpaired) electrons. The number of carbonyl (C=O) groups is 1. The second-order valence-electron chi connectivity index (χ2n) is 2.79. The van der Waals surface area contributed by atoms with E-state index in [2.05, 4.69) is 0 Å². The molecule has 0 aliphatic heterocycles. The maximum atomic E-state index is 10.0. The molecular formula is C10H11ClO2. The molecular weight excluding hydrogens is 188 g/mol. The van der Waals surface area contributed by atoms with E-state index in [0.29, 0.717) is 12.2 Å². The third kappa shape index (κ3) is 3.07. The number of carbonyl (C=O) groups excluding carboxylic acids is 1. The SMILES string of the molecule is CCC(=O)CCl.Oc1cc2cc-2c1. The van der Waals surface area contributed by atoms with E-state index in [-0.39, 0.29) is 11.7 Å². The molecule has 3 heteroatoms. The van der Waals surface area contributed by atoms with Gasteiger partial charge in [-0.25, -0.2) is 0 Å². The second-order valence-corrected chi connectivity index (χ2v) is 3.06. The van der Waals surface area contributed by atoms with Crippen LogP contribution in [0.4, 0.5) is 0 Å². The third-order valence-electron chi connectivity index (χ3n) is 1.71. The summed E-state index contributed by atoms with van der Waals surface area (Å²) in [6, 6.07) is 5.55. The van der Waals surface area contributed by atoms with Crippen molar-refractivity contribution in [1.29, 1.82) is 0 Å². The molecule has 0 aromatic heterocycles. The largest absolute Gasteiger partial charge is 0.508 e. The van der Waals surface area contributed by atoms with Crippen LogP contribution in [-0.4, -0.2) is 16.8 Å². The molecule has 0 saturated carbocycles. The van der Waals surface area contributed by atoms with Crippen LogP contribution in [0.15, 0.2) is 18.2 Å². The Hall–Kier alpha value is -1.02. The Bertz CT molecular complexity index is 294. The summed E-state index contributed by atoms with van der Waals surface area (Å²) in [6.07, 6.45) is 0.559. The molecule has 0 amide bonds. The minimum atomic E-state index is 0.108. The molecule has 13 heavy (non-hydrogen) atoms. The molecule has 2 nitrogen and oxygen atoms in total. The lowest BCUT2D eigenvalue weighted by Gasteiger charge is -1.79. The number of phenolic OH excluding ortho intramolecular Hbond substituents is 1. The van der Waals surface area contributed by atoms with Crippen LogP contribution in [0.3, 0.4) is 0 Å². The number of hydrogen-bond donors (Lipinski definition) is 1. The molecule has 0 atom stereocenters. The van der Waals surface area contributed by atoms with Crippen molar-refractivity contribution in [1.82, 2.24) is 0 Å². The number of halogens is 1. The van der Waals surface area contributed by atoms with Crippen molar-refractivity contribution in [2.45, 2.75) is 13.3 Å². The van der Waals surface area contributed by atoms with Gasteiger partial charge >= 0.3 is 0 Å². The van der Waals surface area contributed by atoms with Crippen LogP contribution >= 0.6 is 11.6 Å². The fourth-order valence-electron chi connectivity index (χ4n) is 0.836. The quantitative estimate of drug-likeness (QED) is 0.754. The summed E-state index contributed by atoms with van der Waals surface area (Å²) in [6.45, 7) is 1.80. The second kappa shape index (κ2) is 4.28. The number of rotatable bonds is 2. The zero-order valence-corrected chi connectivity index (χ0v) is 8.14.